The van der Waals surface area contributed by atoms with Crippen LogP contribution in [-0.2, 0) is 40.3 Å². The van der Waals surface area contributed by atoms with Crippen LogP contribution in [0.3, 0.4) is 0 Å². The Kier molecular flexibility index (Phi) is 9.08. The first-order valence-electron chi connectivity index (χ1n) is 16.5. The number of ether oxygens (including phenoxy) is 4. The molecule has 1 saturated heterocycles. The molecule has 49 heavy (non-hydrogen) atoms. The second kappa shape index (κ2) is 13.1. The van der Waals surface area contributed by atoms with E-state index in [1.807, 2.05) is 37.3 Å². The first-order valence-corrected chi connectivity index (χ1v) is 16.5. The van der Waals surface area contributed by atoms with Crippen LogP contribution in [-0.4, -0.2) is 38.6 Å². The molecule has 11 nitrogen and oxygen atoms in total. The van der Waals surface area contributed by atoms with E-state index in [2.05, 4.69) is 49.0 Å². The molecule has 3 aliphatic rings. The van der Waals surface area contributed by atoms with E-state index in [4.69, 9.17) is 24.7 Å². The fraction of sp³-hybridized carbons (Fsp3) is 0.368. The van der Waals surface area contributed by atoms with Crippen molar-refractivity contribution in [2.45, 2.75) is 90.8 Å². The molecule has 3 aliphatic heterocycles. The number of nitrogens with zero attached hydrogens (tertiary/aromatic N) is 3. The van der Waals surface area contributed by atoms with Crippen LogP contribution in [0.25, 0.3) is 0 Å². The molecule has 2 aromatic carbocycles. The average Bonchev–Trinajstić information content (AvgIpc) is 3.30. The Bertz CT molecular complexity index is 1860. The molecule has 0 aliphatic carbocycles. The molecule has 5 heterocycles. The fourth-order valence-electron chi connectivity index (χ4n) is 5.99. The van der Waals surface area contributed by atoms with Gasteiger partial charge < -0.3 is 30.0 Å². The zero-order valence-electron chi connectivity index (χ0n) is 28.8. The Balaban J connectivity index is 0.000000182. The summed E-state index contributed by atoms with van der Waals surface area (Å²) in [6.45, 7) is 13.1. The van der Waals surface area contributed by atoms with Gasteiger partial charge in [-0.1, -0.05) is 31.2 Å². The number of amides is 3. The SMILES string of the molecule is CC1(C)Cc2c(cccc2Oc2ccc(N)cn2)CO1.CC[C@@]1(C)NC(=O)N(c2ccc(Oc3cccc4c3CC(C)(C)OC4)nc2)C1=O. The number of carbonyl (C=O) groups excluding carboxylic acids is 2. The molecule has 0 unspecified atom stereocenters. The Morgan fingerprint density at radius 3 is 1.76 bits per heavy atom. The van der Waals surface area contributed by atoms with E-state index in [9.17, 15) is 9.59 Å². The predicted octanol–water partition coefficient (Wildman–Crippen LogP) is 7.26. The lowest BCUT2D eigenvalue weighted by molar-refractivity contribution is -0.121. The quantitative estimate of drug-likeness (QED) is 0.204. The van der Waals surface area contributed by atoms with E-state index in [1.54, 1.807) is 37.4 Å². The summed E-state index contributed by atoms with van der Waals surface area (Å²) in [6, 6.07) is 18.4. The third kappa shape index (κ3) is 7.38. The highest BCUT2D eigenvalue weighted by Gasteiger charge is 2.47. The van der Waals surface area contributed by atoms with E-state index >= 15 is 0 Å². The molecular formula is C38H43N5O6. The van der Waals surface area contributed by atoms with Gasteiger partial charge in [0.05, 0.1) is 48.2 Å². The second-order valence-corrected chi connectivity index (χ2v) is 14.0. The highest BCUT2D eigenvalue weighted by Crippen LogP contribution is 2.37. The molecule has 2 aromatic heterocycles. The summed E-state index contributed by atoms with van der Waals surface area (Å²) in [4.78, 5) is 34.5. The Morgan fingerprint density at radius 1 is 0.776 bits per heavy atom. The minimum absolute atomic E-state index is 0.166. The molecule has 0 bridgehead atoms. The summed E-state index contributed by atoms with van der Waals surface area (Å²) >= 11 is 0. The highest BCUT2D eigenvalue weighted by atomic mass is 16.5. The standard InChI is InChI=1S/C22H25N3O4.C16H18N2O2/c1-5-22(4)19(26)25(20(27)24-22)15-9-10-18(23-12-15)29-17-8-6-7-14-13-28-21(2,3)11-16(14)17;1-16(2)8-13-11(10-19-16)4-3-5-14(13)20-15-7-6-12(17)9-18-15/h6-10,12H,5,11,13H2,1-4H3,(H,24,27);3-7,9H,8,10,17H2,1-2H3/t22-;/m1./s1. The van der Waals surface area contributed by atoms with E-state index in [1.165, 1.54) is 17.3 Å². The Hall–Kier alpha value is -5.00. The van der Waals surface area contributed by atoms with Gasteiger partial charge in [0.1, 0.15) is 17.0 Å². The van der Waals surface area contributed by atoms with Crippen LogP contribution >= 0.6 is 0 Å². The molecule has 0 saturated carbocycles. The van der Waals surface area contributed by atoms with Gasteiger partial charge in [0.2, 0.25) is 11.8 Å². The number of hydrogen-bond donors (Lipinski definition) is 2. The lowest BCUT2D eigenvalue weighted by Gasteiger charge is -2.32. The van der Waals surface area contributed by atoms with Crippen molar-refractivity contribution in [1.29, 1.82) is 0 Å². The van der Waals surface area contributed by atoms with Crippen molar-refractivity contribution in [3.8, 4) is 23.3 Å². The molecular weight excluding hydrogens is 622 g/mol. The van der Waals surface area contributed by atoms with Crippen molar-refractivity contribution in [3.05, 3.63) is 95.3 Å². The highest BCUT2D eigenvalue weighted by molar-refractivity contribution is 6.23. The number of rotatable bonds is 6. The van der Waals surface area contributed by atoms with Crippen LogP contribution in [0.2, 0.25) is 0 Å². The monoisotopic (exact) mass is 665 g/mol. The van der Waals surface area contributed by atoms with Crippen LogP contribution in [0.1, 0.15) is 70.2 Å². The van der Waals surface area contributed by atoms with Crippen molar-refractivity contribution in [2.75, 3.05) is 10.6 Å². The number of benzene rings is 2. The Labute approximate surface area is 286 Å². The summed E-state index contributed by atoms with van der Waals surface area (Å²) < 4.78 is 23.6. The van der Waals surface area contributed by atoms with Gasteiger partial charge in [-0.25, -0.2) is 19.7 Å². The summed E-state index contributed by atoms with van der Waals surface area (Å²) in [5, 5.41) is 2.74. The van der Waals surface area contributed by atoms with Gasteiger partial charge in [0.25, 0.3) is 5.91 Å². The molecule has 3 N–H and O–H groups in total. The number of urea groups is 1. The van der Waals surface area contributed by atoms with Crippen molar-refractivity contribution in [1.82, 2.24) is 15.3 Å². The summed E-state index contributed by atoms with van der Waals surface area (Å²) in [5.41, 5.74) is 9.97. The number of imide groups is 1. The molecule has 0 spiro atoms. The molecule has 256 valence electrons. The zero-order chi connectivity index (χ0) is 35.0. The van der Waals surface area contributed by atoms with Gasteiger partial charge in [0, 0.05) is 36.1 Å². The van der Waals surface area contributed by atoms with Gasteiger partial charge in [0.15, 0.2) is 0 Å². The Morgan fingerprint density at radius 2 is 1.31 bits per heavy atom. The summed E-state index contributed by atoms with van der Waals surface area (Å²) in [5.74, 6) is 2.26. The van der Waals surface area contributed by atoms with Gasteiger partial charge >= 0.3 is 6.03 Å². The molecule has 4 aromatic rings. The van der Waals surface area contributed by atoms with E-state index in [-0.39, 0.29) is 17.1 Å². The lowest BCUT2D eigenvalue weighted by atomic mass is 9.91. The maximum Gasteiger partial charge on any atom is 0.329 e. The topological polar surface area (TPSA) is 138 Å². The third-order valence-corrected chi connectivity index (χ3v) is 9.04. The number of aromatic nitrogens is 2. The zero-order valence-corrected chi connectivity index (χ0v) is 28.8. The molecule has 1 atom stereocenters. The smallest absolute Gasteiger partial charge is 0.329 e. The predicted molar refractivity (Wildman–Crippen MR) is 186 cm³/mol. The maximum atomic E-state index is 12.6. The number of anilines is 2. The molecule has 11 heteroatoms. The number of pyridine rings is 2. The lowest BCUT2D eigenvalue weighted by Crippen LogP contribution is -2.43. The maximum absolute atomic E-state index is 12.6. The van der Waals surface area contributed by atoms with Crippen molar-refractivity contribution >= 4 is 23.3 Å². The van der Waals surface area contributed by atoms with Gasteiger partial charge in [-0.05, 0) is 76.4 Å². The van der Waals surface area contributed by atoms with Gasteiger partial charge in [-0.2, -0.15) is 0 Å². The van der Waals surface area contributed by atoms with Crippen LogP contribution in [0.15, 0.2) is 73.1 Å². The first kappa shape index (κ1) is 33.9. The number of nitrogens with one attached hydrogen (secondary N) is 1. The third-order valence-electron chi connectivity index (χ3n) is 9.04. The molecule has 7 rings (SSSR count). The van der Waals surface area contributed by atoms with Gasteiger partial charge in [-0.15, -0.1) is 0 Å². The number of carbonyl (C=O) groups is 2. The second-order valence-electron chi connectivity index (χ2n) is 14.0. The average molecular weight is 666 g/mol. The van der Waals surface area contributed by atoms with E-state index in [0.717, 1.165) is 40.4 Å². The van der Waals surface area contributed by atoms with Crippen LogP contribution in [0, 0.1) is 0 Å². The first-order chi connectivity index (χ1) is 23.3. The van der Waals surface area contributed by atoms with Gasteiger partial charge in [-0.3, -0.25) is 4.79 Å². The van der Waals surface area contributed by atoms with E-state index in [0.29, 0.717) is 42.8 Å². The summed E-state index contributed by atoms with van der Waals surface area (Å²) in [6.07, 6.45) is 5.17. The van der Waals surface area contributed by atoms with Crippen LogP contribution < -0.4 is 25.4 Å². The normalized spacial score (nSPS) is 20.3. The van der Waals surface area contributed by atoms with Crippen molar-refractivity contribution in [3.63, 3.8) is 0 Å². The molecule has 0 radical (unpaired) electrons. The van der Waals surface area contributed by atoms with Crippen molar-refractivity contribution in [2.24, 2.45) is 0 Å². The molecule has 1 fully saturated rings. The molecule has 3 amide bonds. The van der Waals surface area contributed by atoms with Crippen LogP contribution in [0.5, 0.6) is 23.3 Å². The minimum Gasteiger partial charge on any atom is -0.439 e. The minimum atomic E-state index is -0.885. The van der Waals surface area contributed by atoms with E-state index < -0.39 is 11.6 Å². The largest absolute Gasteiger partial charge is 0.439 e. The number of nitrogen functional groups attached to an aromatic ring is 1. The number of nitrogens with two attached hydrogens (primary N) is 1. The summed E-state index contributed by atoms with van der Waals surface area (Å²) in [7, 11) is 0. The number of fused-ring (bicyclic) bond motifs is 2. The van der Waals surface area contributed by atoms with Crippen molar-refractivity contribution < 1.29 is 28.5 Å². The number of hydrogen-bond acceptors (Lipinski definition) is 9. The van der Waals surface area contributed by atoms with Crippen LogP contribution in [0.4, 0.5) is 16.2 Å². The fourth-order valence-corrected chi connectivity index (χ4v) is 5.99.